The van der Waals surface area contributed by atoms with E-state index in [0.29, 0.717) is 17.4 Å². The van der Waals surface area contributed by atoms with Crippen LogP contribution >= 0.6 is 7.82 Å². The Morgan fingerprint density at radius 1 is 0.549 bits per heavy atom. The first kappa shape index (κ1) is 50.5. The molecule has 0 aliphatic carbocycles. The topological polar surface area (TPSA) is 105 Å². The monoisotopic (exact) mass is 748 g/mol. The van der Waals surface area contributed by atoms with Crippen molar-refractivity contribution in [1.82, 2.24) is 0 Å². The summed E-state index contributed by atoms with van der Waals surface area (Å²) in [7, 11) is 1.26. The molecule has 0 bridgehead atoms. The molecule has 0 aliphatic rings. The van der Waals surface area contributed by atoms with Crippen LogP contribution in [0.3, 0.4) is 0 Å². The fraction of sp³-hybridized carbons (Fsp3) is 0.976. The molecule has 0 amide bonds. The Bertz CT molecular complexity index is 792. The first-order valence-electron chi connectivity index (χ1n) is 21.8. The predicted octanol–water partition coefficient (Wildman–Crippen LogP) is 11.6. The lowest BCUT2D eigenvalue weighted by Crippen LogP contribution is -2.37. The number of esters is 1. The summed E-state index contributed by atoms with van der Waals surface area (Å²) in [6, 6.07) is 0. The van der Waals surface area contributed by atoms with Gasteiger partial charge in [0.25, 0.3) is 7.82 Å². The summed E-state index contributed by atoms with van der Waals surface area (Å²) in [6.07, 6.45) is 41.5. The van der Waals surface area contributed by atoms with Crippen LogP contribution in [0.25, 0.3) is 0 Å². The van der Waals surface area contributed by atoms with E-state index in [1.165, 1.54) is 180 Å². The molecule has 0 spiro atoms. The molecular formula is C42H86NO7P. The number of carbonyl (C=O) groups excluding carboxylic acids is 1. The van der Waals surface area contributed by atoms with E-state index in [-0.39, 0.29) is 19.2 Å². The number of phosphoric ester groups is 1. The first-order valence-corrected chi connectivity index (χ1v) is 23.3. The molecule has 0 saturated carbocycles. The molecule has 0 saturated heterocycles. The summed E-state index contributed by atoms with van der Waals surface area (Å²) in [5.74, 6) is -0.381. The van der Waals surface area contributed by atoms with Crippen LogP contribution in [0.5, 0.6) is 0 Å². The van der Waals surface area contributed by atoms with Crippen LogP contribution in [-0.4, -0.2) is 69.2 Å². The molecule has 0 heterocycles. The van der Waals surface area contributed by atoms with Crippen LogP contribution in [0.1, 0.15) is 212 Å². The maximum atomic E-state index is 11.9. The quantitative estimate of drug-likeness (QED) is 0.0287. The van der Waals surface area contributed by atoms with Crippen molar-refractivity contribution in [2.75, 3.05) is 47.5 Å². The molecular weight excluding hydrogens is 661 g/mol. The van der Waals surface area contributed by atoms with Crippen molar-refractivity contribution >= 4 is 13.8 Å². The number of ether oxygens (including phenoxy) is 1. The van der Waals surface area contributed by atoms with Crippen LogP contribution in [-0.2, 0) is 23.1 Å². The average molecular weight is 748 g/mol. The van der Waals surface area contributed by atoms with Gasteiger partial charge < -0.3 is 28.3 Å². The first-order chi connectivity index (χ1) is 24.6. The number of likely N-dealkylation sites (N-methyl/N-ethyl adjacent to an activating group) is 1. The van der Waals surface area contributed by atoms with Gasteiger partial charge in [-0.3, -0.25) is 9.36 Å². The van der Waals surface area contributed by atoms with Gasteiger partial charge in [0.2, 0.25) is 0 Å². The molecule has 8 nitrogen and oxygen atoms in total. The molecule has 0 rings (SSSR count). The van der Waals surface area contributed by atoms with E-state index in [2.05, 4.69) is 6.92 Å². The summed E-state index contributed by atoms with van der Waals surface area (Å²) in [4.78, 5) is 23.7. The van der Waals surface area contributed by atoms with Crippen LogP contribution < -0.4 is 4.89 Å². The number of carbonyl (C=O) groups is 1. The normalized spacial score (nSPS) is 13.8. The molecule has 0 aromatic rings. The standard InChI is InChI=1S/C42H86NO7P/c1-5-6-7-8-9-10-11-12-13-14-15-16-17-18-19-20-21-22-23-24-25-26-27-28-29-30-31-32-33-34-35-36-42(45)48-39-41(44)40-50-51(46,47)49-38-37-43(2,3)4/h41,44H,5-40H2,1-4H3. The number of quaternary nitrogens is 1. The van der Waals surface area contributed by atoms with Gasteiger partial charge in [-0.15, -0.1) is 0 Å². The van der Waals surface area contributed by atoms with Crippen molar-refractivity contribution in [1.29, 1.82) is 0 Å². The molecule has 0 fully saturated rings. The Kier molecular flexibility index (Phi) is 36.1. The SMILES string of the molecule is CCCCCCCCCCCCCCCCCCCCCCCCCCCCCCCCCC(=O)OCC(O)COP(=O)([O-])OCC[N+](C)(C)C. The highest BCUT2D eigenvalue weighted by atomic mass is 31.2. The fourth-order valence-corrected chi connectivity index (χ4v) is 7.15. The third kappa shape index (κ3) is 42.1. The zero-order valence-electron chi connectivity index (χ0n) is 34.3. The minimum atomic E-state index is -4.50. The largest absolute Gasteiger partial charge is 0.756 e. The van der Waals surface area contributed by atoms with Crippen LogP contribution in [0.15, 0.2) is 0 Å². The molecule has 1 N–H and O–H groups in total. The maximum absolute atomic E-state index is 11.9. The van der Waals surface area contributed by atoms with Gasteiger partial charge in [0.1, 0.15) is 25.9 Å². The number of nitrogens with zero attached hydrogens (tertiary/aromatic N) is 1. The van der Waals surface area contributed by atoms with Crippen molar-refractivity contribution in [3.63, 3.8) is 0 Å². The molecule has 2 unspecified atom stereocenters. The number of hydrogen-bond donors (Lipinski definition) is 1. The van der Waals surface area contributed by atoms with Crippen molar-refractivity contribution in [2.45, 2.75) is 218 Å². The molecule has 0 radical (unpaired) electrons. The second kappa shape index (κ2) is 36.5. The molecule has 306 valence electrons. The molecule has 0 aliphatic heterocycles. The number of hydrogen-bond acceptors (Lipinski definition) is 7. The lowest BCUT2D eigenvalue weighted by molar-refractivity contribution is -0.870. The Labute approximate surface area is 316 Å². The summed E-state index contributed by atoms with van der Waals surface area (Å²) >= 11 is 0. The lowest BCUT2D eigenvalue weighted by Gasteiger charge is -2.27. The van der Waals surface area contributed by atoms with Crippen molar-refractivity contribution in [2.24, 2.45) is 0 Å². The zero-order valence-corrected chi connectivity index (χ0v) is 35.2. The Morgan fingerprint density at radius 2 is 0.863 bits per heavy atom. The highest BCUT2D eigenvalue weighted by molar-refractivity contribution is 7.45. The van der Waals surface area contributed by atoms with Crippen LogP contribution in [0.2, 0.25) is 0 Å². The molecule has 51 heavy (non-hydrogen) atoms. The van der Waals surface area contributed by atoms with E-state index in [1.54, 1.807) is 0 Å². The minimum Gasteiger partial charge on any atom is -0.756 e. The molecule has 9 heteroatoms. The molecule has 2 atom stereocenters. The van der Waals surface area contributed by atoms with Gasteiger partial charge in [-0.1, -0.05) is 200 Å². The van der Waals surface area contributed by atoms with E-state index < -0.39 is 20.5 Å². The predicted molar refractivity (Wildman–Crippen MR) is 213 cm³/mol. The average Bonchev–Trinajstić information content (AvgIpc) is 3.08. The number of phosphoric acid groups is 1. The smallest absolute Gasteiger partial charge is 0.305 e. The van der Waals surface area contributed by atoms with Crippen molar-refractivity contribution in [3.05, 3.63) is 0 Å². The Hall–Kier alpha value is -0.500. The summed E-state index contributed by atoms with van der Waals surface area (Å²) < 4.78 is 26.9. The second-order valence-corrected chi connectivity index (χ2v) is 17.7. The van der Waals surface area contributed by atoms with Crippen molar-refractivity contribution in [3.8, 4) is 0 Å². The van der Waals surface area contributed by atoms with Gasteiger partial charge in [0, 0.05) is 6.42 Å². The van der Waals surface area contributed by atoms with Gasteiger partial charge in [-0.2, -0.15) is 0 Å². The summed E-state index contributed by atoms with van der Waals surface area (Å²) in [6.45, 7) is 1.99. The van der Waals surface area contributed by atoms with Gasteiger partial charge >= 0.3 is 5.97 Å². The lowest BCUT2D eigenvalue weighted by atomic mass is 10.0. The van der Waals surface area contributed by atoms with Crippen LogP contribution in [0.4, 0.5) is 0 Å². The highest BCUT2D eigenvalue weighted by Gasteiger charge is 2.17. The molecule has 0 aromatic heterocycles. The number of aliphatic hydroxyl groups is 1. The fourth-order valence-electron chi connectivity index (χ4n) is 6.42. The van der Waals surface area contributed by atoms with E-state index >= 15 is 0 Å². The number of unbranched alkanes of at least 4 members (excludes halogenated alkanes) is 30. The van der Waals surface area contributed by atoms with Gasteiger partial charge in [0.05, 0.1) is 27.7 Å². The van der Waals surface area contributed by atoms with E-state index in [0.717, 1.165) is 19.3 Å². The summed E-state index contributed by atoms with van der Waals surface area (Å²) in [5, 5.41) is 9.88. The third-order valence-corrected chi connectivity index (χ3v) is 10.8. The second-order valence-electron chi connectivity index (χ2n) is 16.3. The Balaban J connectivity index is 3.30. The number of aliphatic hydroxyl groups excluding tert-OH is 1. The molecule has 0 aromatic carbocycles. The van der Waals surface area contributed by atoms with Crippen LogP contribution in [0, 0.1) is 0 Å². The van der Waals surface area contributed by atoms with E-state index in [4.69, 9.17) is 13.8 Å². The van der Waals surface area contributed by atoms with Crippen molar-refractivity contribution < 1.29 is 37.6 Å². The zero-order chi connectivity index (χ0) is 37.7. The maximum Gasteiger partial charge on any atom is 0.305 e. The van der Waals surface area contributed by atoms with Gasteiger partial charge in [-0.25, -0.2) is 0 Å². The van der Waals surface area contributed by atoms with Gasteiger partial charge in [0.15, 0.2) is 0 Å². The Morgan fingerprint density at radius 3 is 1.18 bits per heavy atom. The highest BCUT2D eigenvalue weighted by Crippen LogP contribution is 2.38. The number of rotatable bonds is 41. The third-order valence-electron chi connectivity index (χ3n) is 9.86. The van der Waals surface area contributed by atoms with Gasteiger partial charge in [-0.05, 0) is 6.42 Å². The van der Waals surface area contributed by atoms with E-state index in [9.17, 15) is 19.4 Å². The summed E-state index contributed by atoms with van der Waals surface area (Å²) in [5.41, 5.74) is 0. The minimum absolute atomic E-state index is 0.00489. The van der Waals surface area contributed by atoms with E-state index in [1.807, 2.05) is 21.1 Å².